The quantitative estimate of drug-likeness (QED) is 0.168. The van der Waals surface area contributed by atoms with E-state index in [2.05, 4.69) is 21.3 Å². The van der Waals surface area contributed by atoms with Crippen LogP contribution in [0, 0.1) is 17.7 Å². The molecule has 4 amide bonds. The Labute approximate surface area is 274 Å². The summed E-state index contributed by atoms with van der Waals surface area (Å²) in [7, 11) is 0. The molecule has 1 aliphatic heterocycles. The SMILES string of the molecule is CC(=O)Nc1cc2c(s1)CCN(C(=O)COc1ccc(NC(=O)N/C(=C/C(=N)C(C)(C)C)Nc3ccc(C)cc3)c3c1CCC3)C2. The maximum atomic E-state index is 13.2. The summed E-state index contributed by atoms with van der Waals surface area (Å²) >= 11 is 1.56. The predicted molar refractivity (Wildman–Crippen MR) is 184 cm³/mol. The molecule has 1 aromatic heterocycles. The van der Waals surface area contributed by atoms with Gasteiger partial charge >= 0.3 is 6.03 Å². The first-order chi connectivity index (χ1) is 21.9. The molecule has 0 fully saturated rings. The Morgan fingerprint density at radius 3 is 2.46 bits per heavy atom. The second-order valence-electron chi connectivity index (χ2n) is 12.8. The van der Waals surface area contributed by atoms with Gasteiger partial charge in [-0.3, -0.25) is 14.9 Å². The van der Waals surface area contributed by atoms with Gasteiger partial charge < -0.3 is 31.0 Å². The van der Waals surface area contributed by atoms with Crippen molar-refractivity contribution in [3.63, 3.8) is 0 Å². The van der Waals surface area contributed by atoms with Crippen LogP contribution in [0.3, 0.4) is 0 Å². The molecule has 3 aromatic rings. The van der Waals surface area contributed by atoms with Gasteiger partial charge in [-0.1, -0.05) is 38.5 Å². The molecule has 46 heavy (non-hydrogen) atoms. The number of carbonyl (C=O) groups excluding carboxylic acids is 3. The van der Waals surface area contributed by atoms with Gasteiger partial charge in [-0.05, 0) is 79.6 Å². The number of ether oxygens (including phenoxy) is 1. The number of carbonyl (C=O) groups is 3. The van der Waals surface area contributed by atoms with Crippen molar-refractivity contribution >= 4 is 51.3 Å². The molecular weight excluding hydrogens is 600 g/mol. The Morgan fingerprint density at radius 1 is 1.00 bits per heavy atom. The highest BCUT2D eigenvalue weighted by Gasteiger charge is 2.26. The van der Waals surface area contributed by atoms with E-state index in [4.69, 9.17) is 10.1 Å². The molecule has 0 bridgehead atoms. The first-order valence-electron chi connectivity index (χ1n) is 15.5. The molecule has 242 valence electrons. The van der Waals surface area contributed by atoms with Crippen LogP contribution in [0.25, 0.3) is 0 Å². The summed E-state index contributed by atoms with van der Waals surface area (Å²) in [5, 5.41) is 21.3. The smallest absolute Gasteiger partial charge is 0.324 e. The molecule has 0 unspecified atom stereocenters. The third-order valence-electron chi connectivity index (χ3n) is 8.04. The first-order valence-corrected chi connectivity index (χ1v) is 16.3. The van der Waals surface area contributed by atoms with Gasteiger partial charge in [0.05, 0.1) is 5.00 Å². The molecule has 2 aliphatic rings. The number of hydrogen-bond donors (Lipinski definition) is 5. The van der Waals surface area contributed by atoms with Gasteiger partial charge in [0.15, 0.2) is 6.61 Å². The number of fused-ring (bicyclic) bond motifs is 2. The fourth-order valence-electron chi connectivity index (χ4n) is 5.47. The Balaban J connectivity index is 1.23. The number of allylic oxidation sites excluding steroid dienone is 1. The average molecular weight is 643 g/mol. The van der Waals surface area contributed by atoms with Gasteiger partial charge in [0.1, 0.15) is 11.6 Å². The minimum Gasteiger partial charge on any atom is -0.483 e. The molecule has 0 saturated carbocycles. The highest BCUT2D eigenvalue weighted by atomic mass is 32.1. The topological polar surface area (TPSA) is 136 Å². The molecule has 5 rings (SSSR count). The molecule has 0 atom stereocenters. The lowest BCUT2D eigenvalue weighted by molar-refractivity contribution is -0.134. The van der Waals surface area contributed by atoms with Crippen LogP contribution >= 0.6 is 11.3 Å². The van der Waals surface area contributed by atoms with Crippen molar-refractivity contribution in [2.24, 2.45) is 5.41 Å². The van der Waals surface area contributed by atoms with E-state index in [1.807, 2.05) is 70.2 Å². The summed E-state index contributed by atoms with van der Waals surface area (Å²) in [5.41, 5.74) is 5.66. The van der Waals surface area contributed by atoms with E-state index in [-0.39, 0.29) is 18.4 Å². The Hall–Kier alpha value is -4.64. The normalized spacial score (nSPS) is 14.2. The van der Waals surface area contributed by atoms with Crippen LogP contribution in [-0.4, -0.2) is 41.6 Å². The van der Waals surface area contributed by atoms with E-state index in [9.17, 15) is 14.4 Å². The summed E-state index contributed by atoms with van der Waals surface area (Å²) in [4.78, 5) is 40.8. The van der Waals surface area contributed by atoms with E-state index < -0.39 is 11.4 Å². The molecular formula is C35H42N6O4S. The maximum Gasteiger partial charge on any atom is 0.324 e. The van der Waals surface area contributed by atoms with E-state index >= 15 is 0 Å². The summed E-state index contributed by atoms with van der Waals surface area (Å²) in [6, 6.07) is 13.0. The van der Waals surface area contributed by atoms with E-state index in [1.54, 1.807) is 22.3 Å². The molecule has 5 N–H and O–H groups in total. The van der Waals surface area contributed by atoms with Crippen molar-refractivity contribution in [3.8, 4) is 5.75 Å². The molecule has 2 heterocycles. The lowest BCUT2D eigenvalue weighted by Crippen LogP contribution is -2.38. The summed E-state index contributed by atoms with van der Waals surface area (Å²) in [5.74, 6) is 0.860. The van der Waals surface area contributed by atoms with Gasteiger partial charge in [-0.2, -0.15) is 0 Å². The zero-order chi connectivity index (χ0) is 33.0. The molecule has 0 spiro atoms. The van der Waals surface area contributed by atoms with Crippen molar-refractivity contribution in [1.29, 1.82) is 5.41 Å². The van der Waals surface area contributed by atoms with E-state index in [0.29, 0.717) is 36.1 Å². The molecule has 11 heteroatoms. The van der Waals surface area contributed by atoms with Crippen molar-refractivity contribution in [3.05, 3.63) is 81.5 Å². The van der Waals surface area contributed by atoms with Crippen LogP contribution in [0.15, 0.2) is 54.4 Å². The number of nitrogens with one attached hydrogen (secondary N) is 5. The predicted octanol–water partition coefficient (Wildman–Crippen LogP) is 6.61. The molecule has 10 nitrogen and oxygen atoms in total. The standard InChI is InChI=1S/C35H42N6O4S/c1-21-9-11-24(12-10-21)38-31(18-30(36)35(3,4)5)40-34(44)39-27-13-14-28(26-8-6-7-25(26)27)45-20-33(43)41-16-15-29-23(19-41)17-32(46-29)37-22(2)42/h9-14,17-18,36,38H,6-8,15-16,19-20H2,1-5H3,(H,37,42)(H2,39,40,44)/b31-18+,36-30?. The highest BCUT2D eigenvalue weighted by Crippen LogP contribution is 2.36. The summed E-state index contributed by atoms with van der Waals surface area (Å²) in [6.45, 7) is 10.4. The van der Waals surface area contributed by atoms with Crippen molar-refractivity contribution in [1.82, 2.24) is 10.2 Å². The monoisotopic (exact) mass is 642 g/mol. The van der Waals surface area contributed by atoms with Gasteiger partial charge in [-0.15, -0.1) is 11.3 Å². The Kier molecular flexibility index (Phi) is 9.81. The van der Waals surface area contributed by atoms with Crippen LogP contribution in [0.4, 0.5) is 21.2 Å². The second kappa shape index (κ2) is 13.8. The zero-order valence-electron chi connectivity index (χ0n) is 27.1. The average Bonchev–Trinajstić information content (AvgIpc) is 3.64. The van der Waals surface area contributed by atoms with Crippen LogP contribution in [0.2, 0.25) is 0 Å². The number of anilines is 3. The number of rotatable bonds is 9. The molecule has 0 radical (unpaired) electrons. The molecule has 2 aromatic carbocycles. The van der Waals surface area contributed by atoms with Crippen LogP contribution in [0.5, 0.6) is 5.75 Å². The van der Waals surface area contributed by atoms with Crippen LogP contribution in [0.1, 0.15) is 61.2 Å². The number of hydrogen-bond acceptors (Lipinski definition) is 7. The fraction of sp³-hybridized carbons (Fsp3) is 0.371. The van der Waals surface area contributed by atoms with Gasteiger partial charge in [-0.25, -0.2) is 4.79 Å². The van der Waals surface area contributed by atoms with Gasteiger partial charge in [0, 0.05) is 53.5 Å². The second-order valence-corrected chi connectivity index (χ2v) is 13.9. The van der Waals surface area contributed by atoms with Crippen molar-refractivity contribution in [2.75, 3.05) is 29.1 Å². The molecule has 1 aliphatic carbocycles. The van der Waals surface area contributed by atoms with Crippen molar-refractivity contribution < 1.29 is 19.1 Å². The van der Waals surface area contributed by atoms with Crippen LogP contribution in [-0.2, 0) is 35.4 Å². The molecule has 0 saturated heterocycles. The number of nitrogens with zero attached hydrogens (tertiary/aromatic N) is 1. The minimum absolute atomic E-state index is 0.0731. The van der Waals surface area contributed by atoms with Gasteiger partial charge in [0.2, 0.25) is 5.91 Å². The zero-order valence-corrected chi connectivity index (χ0v) is 27.9. The first kappa shape index (κ1) is 32.7. The van der Waals surface area contributed by atoms with Gasteiger partial charge in [0.25, 0.3) is 5.91 Å². The third kappa shape index (κ3) is 8.14. The lowest BCUT2D eigenvalue weighted by Gasteiger charge is -2.27. The number of thiophene rings is 1. The Morgan fingerprint density at radius 2 is 1.74 bits per heavy atom. The minimum atomic E-state index is -0.426. The Bertz CT molecular complexity index is 1690. The van der Waals surface area contributed by atoms with E-state index in [0.717, 1.165) is 58.6 Å². The number of amides is 4. The van der Waals surface area contributed by atoms with Crippen molar-refractivity contribution in [2.45, 2.75) is 66.8 Å². The lowest BCUT2D eigenvalue weighted by atomic mass is 9.90. The summed E-state index contributed by atoms with van der Waals surface area (Å²) < 4.78 is 6.07. The number of benzene rings is 2. The van der Waals surface area contributed by atoms with E-state index in [1.165, 1.54) is 11.8 Å². The highest BCUT2D eigenvalue weighted by molar-refractivity contribution is 7.16. The largest absolute Gasteiger partial charge is 0.483 e. The fourth-order valence-corrected chi connectivity index (χ4v) is 6.58. The maximum absolute atomic E-state index is 13.2. The third-order valence-corrected chi connectivity index (χ3v) is 9.19. The number of urea groups is 1. The van der Waals surface area contributed by atoms with Crippen LogP contribution < -0.4 is 26.0 Å². The summed E-state index contributed by atoms with van der Waals surface area (Å²) in [6.07, 6.45) is 4.90. The number of aryl methyl sites for hydroxylation is 1.